The normalized spacial score (nSPS) is 10.2. The molecule has 0 saturated heterocycles. The first kappa shape index (κ1) is 12.8. The minimum atomic E-state index is -0.0132. The molecule has 1 aromatic carbocycles. The molecule has 0 aliphatic rings. The number of hydrogen-bond acceptors (Lipinski definition) is 4. The van der Waals surface area contributed by atoms with Crippen LogP contribution in [0.3, 0.4) is 0 Å². The summed E-state index contributed by atoms with van der Waals surface area (Å²) in [6.45, 7) is 1.96. The van der Waals surface area contributed by atoms with Gasteiger partial charge in [-0.1, -0.05) is 23.7 Å². The van der Waals surface area contributed by atoms with E-state index in [0.717, 1.165) is 11.3 Å². The zero-order valence-electron chi connectivity index (χ0n) is 9.45. The van der Waals surface area contributed by atoms with Crippen molar-refractivity contribution in [3.63, 3.8) is 0 Å². The fourth-order valence-corrected chi connectivity index (χ4v) is 1.90. The second-order valence-corrected chi connectivity index (χ2v) is 4.35. The lowest BCUT2D eigenvalue weighted by molar-refractivity contribution is 0.112. The maximum Gasteiger partial charge on any atom is 0.225 e. The Labute approximate surface area is 114 Å². The molecule has 0 spiro atoms. The highest BCUT2D eigenvalue weighted by atomic mass is 35.5. The number of aromatic nitrogens is 2. The average Bonchev–Trinajstić information content (AvgIpc) is 2.28. The Bertz CT molecular complexity index is 602. The Hall–Kier alpha value is -1.65. The molecule has 0 saturated carbocycles. The predicted molar refractivity (Wildman–Crippen MR) is 71.9 cm³/mol. The molecule has 0 aliphatic carbocycles. The first-order chi connectivity index (χ1) is 8.60. The highest BCUT2D eigenvalue weighted by Crippen LogP contribution is 2.24. The number of aldehydes is 1. The van der Waals surface area contributed by atoms with Gasteiger partial charge in [0.05, 0.1) is 5.56 Å². The van der Waals surface area contributed by atoms with Crippen molar-refractivity contribution < 1.29 is 4.79 Å². The van der Waals surface area contributed by atoms with Crippen LogP contribution in [-0.4, -0.2) is 16.3 Å². The molecule has 2 aromatic rings. The van der Waals surface area contributed by atoms with E-state index in [1.54, 1.807) is 0 Å². The molecule has 0 bridgehead atoms. The Balaban J connectivity index is 2.42. The zero-order valence-corrected chi connectivity index (χ0v) is 11.0. The first-order valence-electron chi connectivity index (χ1n) is 5.12. The van der Waals surface area contributed by atoms with Gasteiger partial charge in [0.1, 0.15) is 11.0 Å². The van der Waals surface area contributed by atoms with Crippen LogP contribution in [0.4, 0.5) is 11.5 Å². The highest BCUT2D eigenvalue weighted by Gasteiger charge is 2.11. The maximum atomic E-state index is 11.0. The van der Waals surface area contributed by atoms with Crippen LogP contribution in [0.5, 0.6) is 0 Å². The van der Waals surface area contributed by atoms with Crippen LogP contribution < -0.4 is 5.32 Å². The molecule has 1 heterocycles. The van der Waals surface area contributed by atoms with Gasteiger partial charge in [0.25, 0.3) is 0 Å². The van der Waals surface area contributed by atoms with Gasteiger partial charge in [0, 0.05) is 5.69 Å². The fourth-order valence-electron chi connectivity index (χ4n) is 1.48. The number of nitrogens with one attached hydrogen (secondary N) is 1. The zero-order chi connectivity index (χ0) is 13.1. The molecule has 0 radical (unpaired) electrons. The molecule has 1 N–H and O–H groups in total. The Morgan fingerprint density at radius 3 is 2.72 bits per heavy atom. The van der Waals surface area contributed by atoms with Gasteiger partial charge in [0.15, 0.2) is 6.29 Å². The summed E-state index contributed by atoms with van der Waals surface area (Å²) in [5, 5.41) is 3.01. The van der Waals surface area contributed by atoms with E-state index in [4.69, 9.17) is 23.2 Å². The van der Waals surface area contributed by atoms with Crippen LogP contribution in [0.1, 0.15) is 15.9 Å². The van der Waals surface area contributed by atoms with Crippen LogP contribution in [0.25, 0.3) is 0 Å². The quantitative estimate of drug-likeness (QED) is 0.530. The van der Waals surface area contributed by atoms with E-state index >= 15 is 0 Å². The molecule has 6 heteroatoms. The van der Waals surface area contributed by atoms with E-state index in [1.165, 1.54) is 0 Å². The van der Waals surface area contributed by atoms with Gasteiger partial charge in [0.2, 0.25) is 5.28 Å². The molecule has 0 atom stereocenters. The van der Waals surface area contributed by atoms with E-state index in [1.807, 2.05) is 31.2 Å². The highest BCUT2D eigenvalue weighted by molar-refractivity contribution is 6.34. The van der Waals surface area contributed by atoms with E-state index in [-0.39, 0.29) is 16.0 Å². The van der Waals surface area contributed by atoms with Gasteiger partial charge >= 0.3 is 0 Å². The Kier molecular flexibility index (Phi) is 3.79. The van der Waals surface area contributed by atoms with Crippen molar-refractivity contribution in [2.24, 2.45) is 0 Å². The molecule has 4 nitrogen and oxygen atoms in total. The number of carbonyl (C=O) groups is 1. The van der Waals surface area contributed by atoms with Crippen molar-refractivity contribution in [3.8, 4) is 0 Å². The molecule has 0 amide bonds. The maximum absolute atomic E-state index is 11.0. The number of carbonyl (C=O) groups excluding carboxylic acids is 1. The molecular weight excluding hydrogens is 273 g/mol. The lowest BCUT2D eigenvalue weighted by Crippen LogP contribution is -2.01. The summed E-state index contributed by atoms with van der Waals surface area (Å²) >= 11 is 11.5. The van der Waals surface area contributed by atoms with Crippen LogP contribution in [0.15, 0.2) is 24.3 Å². The summed E-state index contributed by atoms with van der Waals surface area (Å²) in [5.41, 5.74) is 2.06. The number of rotatable bonds is 3. The second kappa shape index (κ2) is 5.33. The summed E-state index contributed by atoms with van der Waals surface area (Å²) in [7, 11) is 0. The number of hydrogen-bond donors (Lipinski definition) is 1. The molecule has 92 valence electrons. The first-order valence-corrected chi connectivity index (χ1v) is 5.87. The van der Waals surface area contributed by atoms with Gasteiger partial charge in [-0.15, -0.1) is 0 Å². The van der Waals surface area contributed by atoms with Crippen molar-refractivity contribution in [1.29, 1.82) is 0 Å². The number of aryl methyl sites for hydroxylation is 1. The molecule has 0 unspecified atom stereocenters. The lowest BCUT2D eigenvalue weighted by Gasteiger charge is -2.09. The number of halogens is 2. The van der Waals surface area contributed by atoms with Crippen LogP contribution in [-0.2, 0) is 0 Å². The van der Waals surface area contributed by atoms with Gasteiger partial charge < -0.3 is 5.32 Å². The monoisotopic (exact) mass is 281 g/mol. The van der Waals surface area contributed by atoms with Gasteiger partial charge in [-0.2, -0.15) is 4.98 Å². The molecule has 2 rings (SSSR count). The third kappa shape index (κ3) is 2.78. The molecule has 0 fully saturated rings. The Morgan fingerprint density at radius 2 is 2.06 bits per heavy atom. The third-order valence-corrected chi connectivity index (χ3v) is 2.73. The standard InChI is InChI=1S/C12H9Cl2N3O/c1-7-3-2-4-8(5-7)15-11-9(6-18)10(13)16-12(14)17-11/h2-6H,1H3,(H,15,16,17). The summed E-state index contributed by atoms with van der Waals surface area (Å²) < 4.78 is 0. The van der Waals surface area contributed by atoms with Gasteiger partial charge in [-0.25, -0.2) is 4.98 Å². The van der Waals surface area contributed by atoms with E-state index < -0.39 is 0 Å². The summed E-state index contributed by atoms with van der Waals surface area (Å²) in [6.07, 6.45) is 0.594. The van der Waals surface area contributed by atoms with Gasteiger partial charge in [-0.3, -0.25) is 4.79 Å². The summed E-state index contributed by atoms with van der Waals surface area (Å²) in [4.78, 5) is 18.6. The van der Waals surface area contributed by atoms with Crippen molar-refractivity contribution in [2.45, 2.75) is 6.92 Å². The van der Waals surface area contributed by atoms with Crippen molar-refractivity contribution in [1.82, 2.24) is 9.97 Å². The van der Waals surface area contributed by atoms with Crippen molar-refractivity contribution in [2.75, 3.05) is 5.32 Å². The van der Waals surface area contributed by atoms with E-state index in [0.29, 0.717) is 12.1 Å². The minimum absolute atomic E-state index is 0.0132. The number of anilines is 2. The molecule has 1 aromatic heterocycles. The average molecular weight is 282 g/mol. The molecular formula is C12H9Cl2N3O. The van der Waals surface area contributed by atoms with Crippen LogP contribution >= 0.6 is 23.2 Å². The molecule has 18 heavy (non-hydrogen) atoms. The number of nitrogens with zero attached hydrogens (tertiary/aromatic N) is 2. The van der Waals surface area contributed by atoms with Gasteiger partial charge in [-0.05, 0) is 36.2 Å². The third-order valence-electron chi connectivity index (χ3n) is 2.27. The lowest BCUT2D eigenvalue weighted by atomic mass is 10.2. The SMILES string of the molecule is Cc1cccc(Nc2nc(Cl)nc(Cl)c2C=O)c1. The summed E-state index contributed by atoms with van der Waals surface area (Å²) in [5.74, 6) is 0.292. The smallest absolute Gasteiger partial charge is 0.225 e. The fraction of sp³-hybridized carbons (Fsp3) is 0.0833. The Morgan fingerprint density at radius 1 is 1.28 bits per heavy atom. The second-order valence-electron chi connectivity index (χ2n) is 3.66. The van der Waals surface area contributed by atoms with Crippen LogP contribution in [0.2, 0.25) is 10.4 Å². The largest absolute Gasteiger partial charge is 0.339 e. The van der Waals surface area contributed by atoms with E-state index in [2.05, 4.69) is 15.3 Å². The van der Waals surface area contributed by atoms with Crippen molar-refractivity contribution in [3.05, 3.63) is 45.8 Å². The predicted octanol–water partition coefficient (Wildman–Crippen LogP) is 3.65. The van der Waals surface area contributed by atoms with E-state index in [9.17, 15) is 4.79 Å². The number of benzene rings is 1. The summed E-state index contributed by atoms with van der Waals surface area (Å²) in [6, 6.07) is 7.62. The van der Waals surface area contributed by atoms with Crippen LogP contribution in [0, 0.1) is 6.92 Å². The van der Waals surface area contributed by atoms with Crippen molar-refractivity contribution >= 4 is 41.0 Å². The molecule has 0 aliphatic heterocycles. The minimum Gasteiger partial charge on any atom is -0.339 e. The topological polar surface area (TPSA) is 54.9 Å².